The van der Waals surface area contributed by atoms with Crippen LogP contribution in [0, 0.1) is 6.92 Å². The summed E-state index contributed by atoms with van der Waals surface area (Å²) >= 11 is 1.32. The number of amides is 1. The Kier molecular flexibility index (Phi) is 4.19. The average molecular weight is 342 g/mol. The molecule has 24 heavy (non-hydrogen) atoms. The maximum absolute atomic E-state index is 12.6. The second-order valence-corrected chi connectivity index (χ2v) is 6.91. The third kappa shape index (κ3) is 2.82. The van der Waals surface area contributed by atoms with Gasteiger partial charge in [-0.15, -0.1) is 10.2 Å². The van der Waals surface area contributed by atoms with Crippen molar-refractivity contribution in [1.82, 2.24) is 14.6 Å². The van der Waals surface area contributed by atoms with Gasteiger partial charge in [-0.1, -0.05) is 25.2 Å². The van der Waals surface area contributed by atoms with Crippen LogP contribution in [0.2, 0.25) is 0 Å². The van der Waals surface area contributed by atoms with Crippen molar-refractivity contribution < 1.29 is 9.59 Å². The van der Waals surface area contributed by atoms with Gasteiger partial charge in [-0.2, -0.15) is 0 Å². The Hall–Kier alpha value is -2.54. The minimum Gasteiger partial charge on any atom is -0.321 e. The van der Waals surface area contributed by atoms with Gasteiger partial charge in [0.2, 0.25) is 4.96 Å². The van der Waals surface area contributed by atoms with Gasteiger partial charge in [0.05, 0.1) is 0 Å². The maximum Gasteiger partial charge on any atom is 0.267 e. The van der Waals surface area contributed by atoms with Crippen LogP contribution in [0.3, 0.4) is 0 Å². The molecule has 124 valence electrons. The number of hydrogen-bond donors (Lipinski definition) is 1. The molecular formula is C17H18N4O2S. The Morgan fingerprint density at radius 1 is 1.17 bits per heavy atom. The van der Waals surface area contributed by atoms with Gasteiger partial charge in [0, 0.05) is 22.9 Å². The number of aryl methyl sites for hydroxylation is 1. The lowest BCUT2D eigenvalue weighted by atomic mass is 10.1. The lowest BCUT2D eigenvalue weighted by Crippen LogP contribution is -2.12. The van der Waals surface area contributed by atoms with Crippen molar-refractivity contribution in [3.63, 3.8) is 0 Å². The number of anilines is 1. The fraction of sp³-hybridized carbons (Fsp3) is 0.294. The molecule has 2 aromatic heterocycles. The van der Waals surface area contributed by atoms with Crippen molar-refractivity contribution in [3.8, 4) is 0 Å². The van der Waals surface area contributed by atoms with Crippen LogP contribution < -0.4 is 5.32 Å². The fourth-order valence-electron chi connectivity index (χ4n) is 2.49. The third-order valence-corrected chi connectivity index (χ3v) is 4.92. The largest absolute Gasteiger partial charge is 0.321 e. The Bertz CT molecular complexity index is 922. The minimum atomic E-state index is -0.187. The van der Waals surface area contributed by atoms with Crippen molar-refractivity contribution in [3.05, 3.63) is 46.2 Å². The van der Waals surface area contributed by atoms with Gasteiger partial charge in [0.15, 0.2) is 5.78 Å². The first-order chi connectivity index (χ1) is 11.4. The zero-order valence-electron chi connectivity index (χ0n) is 14.0. The van der Waals surface area contributed by atoms with Crippen molar-refractivity contribution in [1.29, 1.82) is 0 Å². The first kappa shape index (κ1) is 16.3. The van der Waals surface area contributed by atoms with Crippen LogP contribution in [-0.2, 0) is 0 Å². The molecule has 7 heteroatoms. The van der Waals surface area contributed by atoms with Crippen LogP contribution in [0.5, 0.6) is 0 Å². The summed E-state index contributed by atoms with van der Waals surface area (Å²) in [5.41, 5.74) is 2.10. The molecular weight excluding hydrogens is 324 g/mol. The van der Waals surface area contributed by atoms with Crippen LogP contribution >= 0.6 is 11.3 Å². The van der Waals surface area contributed by atoms with E-state index in [2.05, 4.69) is 15.5 Å². The van der Waals surface area contributed by atoms with Crippen LogP contribution in [0.4, 0.5) is 5.69 Å². The van der Waals surface area contributed by atoms with Crippen molar-refractivity contribution in [2.75, 3.05) is 5.32 Å². The predicted octanol–water partition coefficient (Wildman–Crippen LogP) is 3.68. The molecule has 1 N–H and O–H groups in total. The molecule has 0 spiro atoms. The summed E-state index contributed by atoms with van der Waals surface area (Å²) in [6, 6.07) is 6.85. The Balaban J connectivity index is 1.88. The quantitative estimate of drug-likeness (QED) is 0.734. The van der Waals surface area contributed by atoms with E-state index >= 15 is 0 Å². The standard InChI is InChI=1S/C17H18N4O2S/c1-9(2)15-19-20-17-21(15)10(3)14(24-17)16(23)18-13-7-5-12(6-8-13)11(4)22/h5-9H,1-4H3,(H,18,23). The number of Topliss-reactive ketones (excluding diaryl/α,β-unsaturated/α-hetero) is 1. The SMILES string of the molecule is CC(=O)c1ccc(NC(=O)c2sc3nnc(C(C)C)n3c2C)cc1. The number of hydrogen-bond acceptors (Lipinski definition) is 5. The highest BCUT2D eigenvalue weighted by Crippen LogP contribution is 2.26. The molecule has 0 atom stereocenters. The molecule has 1 aromatic carbocycles. The van der Waals surface area contributed by atoms with Crippen molar-refractivity contribution >= 4 is 33.7 Å². The predicted molar refractivity (Wildman–Crippen MR) is 94.1 cm³/mol. The summed E-state index contributed by atoms with van der Waals surface area (Å²) in [4.78, 5) is 25.2. The third-order valence-electron chi connectivity index (χ3n) is 3.79. The van der Waals surface area contributed by atoms with E-state index < -0.39 is 0 Å². The molecule has 3 aromatic rings. The van der Waals surface area contributed by atoms with Crippen LogP contribution in [0.25, 0.3) is 4.96 Å². The monoisotopic (exact) mass is 342 g/mol. The van der Waals surface area contributed by atoms with Gasteiger partial charge in [-0.3, -0.25) is 14.0 Å². The number of nitrogens with zero attached hydrogens (tertiary/aromatic N) is 3. The van der Waals surface area contributed by atoms with Crippen molar-refractivity contribution in [2.45, 2.75) is 33.6 Å². The van der Waals surface area contributed by atoms with E-state index in [-0.39, 0.29) is 17.6 Å². The Morgan fingerprint density at radius 3 is 2.42 bits per heavy atom. The number of benzene rings is 1. The summed E-state index contributed by atoms with van der Waals surface area (Å²) < 4.78 is 1.93. The van der Waals surface area contributed by atoms with E-state index in [0.29, 0.717) is 21.1 Å². The fourth-order valence-corrected chi connectivity index (χ4v) is 3.46. The second-order valence-electron chi connectivity index (χ2n) is 5.94. The van der Waals surface area contributed by atoms with Crippen molar-refractivity contribution in [2.24, 2.45) is 0 Å². The Labute approximate surface area is 143 Å². The summed E-state index contributed by atoms with van der Waals surface area (Å²) in [7, 11) is 0. The molecule has 0 unspecified atom stereocenters. The van der Waals surface area contributed by atoms with Gasteiger partial charge in [-0.25, -0.2) is 0 Å². The second kappa shape index (κ2) is 6.16. The molecule has 0 aliphatic heterocycles. The highest BCUT2D eigenvalue weighted by Gasteiger charge is 2.21. The van der Waals surface area contributed by atoms with Gasteiger partial charge in [-0.05, 0) is 38.1 Å². The molecule has 0 saturated heterocycles. The molecule has 0 saturated carbocycles. The number of carbonyl (C=O) groups is 2. The van der Waals surface area contributed by atoms with E-state index in [4.69, 9.17) is 0 Å². The number of carbonyl (C=O) groups excluding carboxylic acids is 2. The van der Waals surface area contributed by atoms with Gasteiger partial charge >= 0.3 is 0 Å². The lowest BCUT2D eigenvalue weighted by molar-refractivity contribution is 0.101. The highest BCUT2D eigenvalue weighted by molar-refractivity contribution is 7.19. The Morgan fingerprint density at radius 2 is 1.83 bits per heavy atom. The molecule has 0 aliphatic carbocycles. The minimum absolute atomic E-state index is 0.00286. The normalized spacial score (nSPS) is 11.2. The summed E-state index contributed by atoms with van der Waals surface area (Å²) in [5.74, 6) is 0.886. The molecule has 0 radical (unpaired) electrons. The topological polar surface area (TPSA) is 76.4 Å². The molecule has 6 nitrogen and oxygen atoms in total. The summed E-state index contributed by atoms with van der Waals surface area (Å²) in [6.45, 7) is 7.50. The summed E-state index contributed by atoms with van der Waals surface area (Å²) in [6.07, 6.45) is 0. The summed E-state index contributed by atoms with van der Waals surface area (Å²) in [5, 5.41) is 11.2. The van der Waals surface area contributed by atoms with Crippen LogP contribution in [0.15, 0.2) is 24.3 Å². The van der Waals surface area contributed by atoms with E-state index in [9.17, 15) is 9.59 Å². The number of ketones is 1. The van der Waals surface area contributed by atoms with Crippen LogP contribution in [0.1, 0.15) is 58.2 Å². The molecule has 2 heterocycles. The van der Waals surface area contributed by atoms with E-state index in [0.717, 1.165) is 11.5 Å². The zero-order chi connectivity index (χ0) is 17.4. The molecule has 0 fully saturated rings. The van der Waals surface area contributed by atoms with Gasteiger partial charge in [0.1, 0.15) is 10.7 Å². The first-order valence-electron chi connectivity index (χ1n) is 7.65. The molecule has 1 amide bonds. The van der Waals surface area contributed by atoms with E-state index in [1.54, 1.807) is 24.3 Å². The maximum atomic E-state index is 12.6. The molecule has 3 rings (SSSR count). The molecule has 0 bridgehead atoms. The van der Waals surface area contributed by atoms with Crippen LogP contribution in [-0.4, -0.2) is 26.3 Å². The van der Waals surface area contributed by atoms with E-state index in [1.807, 2.05) is 25.2 Å². The number of fused-ring (bicyclic) bond motifs is 1. The number of nitrogens with one attached hydrogen (secondary N) is 1. The van der Waals surface area contributed by atoms with Gasteiger partial charge in [0.25, 0.3) is 5.91 Å². The smallest absolute Gasteiger partial charge is 0.267 e. The number of rotatable bonds is 4. The molecule has 0 aliphatic rings. The van der Waals surface area contributed by atoms with E-state index in [1.165, 1.54) is 18.3 Å². The number of aromatic nitrogens is 3. The number of thiazole rings is 1. The lowest BCUT2D eigenvalue weighted by Gasteiger charge is -2.06. The van der Waals surface area contributed by atoms with Gasteiger partial charge < -0.3 is 5.32 Å². The first-order valence-corrected chi connectivity index (χ1v) is 8.47. The zero-order valence-corrected chi connectivity index (χ0v) is 14.8. The highest BCUT2D eigenvalue weighted by atomic mass is 32.1. The average Bonchev–Trinajstić information content (AvgIpc) is 3.08.